The molecule has 7 heteroatoms. The van der Waals surface area contributed by atoms with E-state index < -0.39 is 0 Å². The fourth-order valence-electron chi connectivity index (χ4n) is 3.88. The van der Waals surface area contributed by atoms with E-state index in [0.717, 1.165) is 16.7 Å². The Balaban J connectivity index is 1.48. The summed E-state index contributed by atoms with van der Waals surface area (Å²) in [7, 11) is 1.66. The summed E-state index contributed by atoms with van der Waals surface area (Å²) in [6.07, 6.45) is 1.21. The Bertz CT molecular complexity index is 1410. The maximum atomic E-state index is 13.1. The van der Waals surface area contributed by atoms with Crippen molar-refractivity contribution >= 4 is 29.4 Å². The molecule has 0 bridgehead atoms. The number of nitrogens with one attached hydrogen (secondary N) is 1. The second-order valence-corrected chi connectivity index (χ2v) is 8.38. The highest BCUT2D eigenvalue weighted by Gasteiger charge is 2.18. The molecule has 2 N–H and O–H groups in total. The normalized spacial score (nSPS) is 10.8. The standard InChI is InChI=1S/C30H27N3O4/c1-21-11-13-22(14-12-21)25-7-3-4-8-26(25)29(34)32-24-17-15-23(16-18-24)30(35)33(2)27-9-5-6-10-28(27)37-20-19-31-36/h3-19,36H,20H2,1-2H3,(H,32,34). The molecule has 0 atom stereocenters. The third kappa shape index (κ3) is 6.02. The molecule has 37 heavy (non-hydrogen) atoms. The average Bonchev–Trinajstić information content (AvgIpc) is 2.93. The van der Waals surface area contributed by atoms with Gasteiger partial charge in [-0.1, -0.05) is 65.3 Å². The minimum absolute atomic E-state index is 0.0664. The Labute approximate surface area is 215 Å². The van der Waals surface area contributed by atoms with Gasteiger partial charge in [-0.15, -0.1) is 0 Å². The van der Waals surface area contributed by atoms with Crippen LogP contribution < -0.4 is 15.0 Å². The topological polar surface area (TPSA) is 91.2 Å². The highest BCUT2D eigenvalue weighted by molar-refractivity contribution is 6.09. The molecule has 0 aromatic heterocycles. The molecule has 186 valence electrons. The summed E-state index contributed by atoms with van der Waals surface area (Å²) in [5, 5.41) is 14.4. The van der Waals surface area contributed by atoms with E-state index >= 15 is 0 Å². The van der Waals surface area contributed by atoms with Crippen LogP contribution in [0.15, 0.2) is 102 Å². The number of aryl methyl sites for hydroxylation is 1. The number of hydrogen-bond acceptors (Lipinski definition) is 5. The lowest BCUT2D eigenvalue weighted by molar-refractivity contribution is 0.0991. The lowest BCUT2D eigenvalue weighted by Gasteiger charge is -2.20. The molecule has 4 aromatic carbocycles. The molecule has 0 heterocycles. The van der Waals surface area contributed by atoms with Gasteiger partial charge in [0.25, 0.3) is 11.8 Å². The molecule has 2 amide bonds. The molecule has 4 rings (SSSR count). The zero-order valence-corrected chi connectivity index (χ0v) is 20.6. The van der Waals surface area contributed by atoms with Gasteiger partial charge >= 0.3 is 0 Å². The summed E-state index contributed by atoms with van der Waals surface area (Å²) in [5.74, 6) is 0.00806. The van der Waals surface area contributed by atoms with Crippen molar-refractivity contribution in [3.05, 3.63) is 114 Å². The Morgan fingerprint density at radius 1 is 0.919 bits per heavy atom. The van der Waals surface area contributed by atoms with Gasteiger partial charge in [0.05, 0.1) is 11.9 Å². The Hall–Kier alpha value is -4.91. The summed E-state index contributed by atoms with van der Waals surface area (Å²) in [4.78, 5) is 27.7. The van der Waals surface area contributed by atoms with E-state index in [1.165, 1.54) is 11.1 Å². The van der Waals surface area contributed by atoms with E-state index in [0.29, 0.717) is 28.3 Å². The largest absolute Gasteiger partial charge is 0.486 e. The van der Waals surface area contributed by atoms with Gasteiger partial charge in [0.2, 0.25) is 0 Å². The lowest BCUT2D eigenvalue weighted by Crippen LogP contribution is -2.26. The number of para-hydroxylation sites is 2. The van der Waals surface area contributed by atoms with Crippen LogP contribution in [0.25, 0.3) is 11.1 Å². The summed E-state index contributed by atoms with van der Waals surface area (Å²) >= 11 is 0. The van der Waals surface area contributed by atoms with E-state index in [-0.39, 0.29) is 18.4 Å². The number of ether oxygens (including phenoxy) is 1. The number of oxime groups is 1. The first-order valence-electron chi connectivity index (χ1n) is 11.7. The number of carbonyl (C=O) groups excluding carboxylic acids is 2. The second kappa shape index (κ2) is 11.7. The quantitative estimate of drug-likeness (QED) is 0.178. The van der Waals surface area contributed by atoms with Crippen LogP contribution in [0.4, 0.5) is 11.4 Å². The maximum Gasteiger partial charge on any atom is 0.258 e. The van der Waals surface area contributed by atoms with Gasteiger partial charge in [-0.3, -0.25) is 9.59 Å². The van der Waals surface area contributed by atoms with Crippen molar-refractivity contribution in [2.45, 2.75) is 6.92 Å². The highest BCUT2D eigenvalue weighted by Crippen LogP contribution is 2.29. The van der Waals surface area contributed by atoms with E-state index in [1.807, 2.05) is 49.4 Å². The Morgan fingerprint density at radius 3 is 2.32 bits per heavy atom. The van der Waals surface area contributed by atoms with Crippen molar-refractivity contribution < 1.29 is 19.5 Å². The fourth-order valence-corrected chi connectivity index (χ4v) is 3.88. The van der Waals surface area contributed by atoms with Crippen molar-refractivity contribution in [2.75, 3.05) is 23.9 Å². The number of benzene rings is 4. The van der Waals surface area contributed by atoms with Crippen molar-refractivity contribution in [3.8, 4) is 16.9 Å². The van der Waals surface area contributed by atoms with Crippen LogP contribution in [-0.2, 0) is 0 Å². The SMILES string of the molecule is Cc1ccc(-c2ccccc2C(=O)Nc2ccc(C(=O)N(C)c3ccccc3OCC=NO)cc2)cc1. The van der Waals surface area contributed by atoms with E-state index in [4.69, 9.17) is 9.94 Å². The molecule has 0 radical (unpaired) electrons. The van der Waals surface area contributed by atoms with Gasteiger partial charge < -0.3 is 20.2 Å². The van der Waals surface area contributed by atoms with Crippen LogP contribution >= 0.6 is 0 Å². The summed E-state index contributed by atoms with van der Waals surface area (Å²) in [6.45, 7) is 2.09. The molecule has 0 saturated carbocycles. The molecule has 4 aromatic rings. The smallest absolute Gasteiger partial charge is 0.258 e. The number of hydrogen-bond donors (Lipinski definition) is 2. The predicted molar refractivity (Wildman–Crippen MR) is 146 cm³/mol. The second-order valence-electron chi connectivity index (χ2n) is 8.38. The number of carbonyl (C=O) groups is 2. The number of amides is 2. The molecule has 0 aliphatic carbocycles. The zero-order valence-electron chi connectivity index (χ0n) is 20.6. The van der Waals surface area contributed by atoms with Gasteiger partial charge in [0.1, 0.15) is 12.4 Å². The zero-order chi connectivity index (χ0) is 26.2. The number of nitrogens with zero attached hydrogens (tertiary/aromatic N) is 2. The lowest BCUT2D eigenvalue weighted by atomic mass is 9.98. The summed E-state index contributed by atoms with van der Waals surface area (Å²) < 4.78 is 5.59. The third-order valence-corrected chi connectivity index (χ3v) is 5.85. The monoisotopic (exact) mass is 493 g/mol. The number of anilines is 2. The van der Waals surface area contributed by atoms with Crippen LogP contribution in [0, 0.1) is 6.92 Å². The maximum absolute atomic E-state index is 13.1. The first kappa shape index (κ1) is 25.2. The Morgan fingerprint density at radius 2 is 1.59 bits per heavy atom. The van der Waals surface area contributed by atoms with Gasteiger partial charge in [0.15, 0.2) is 0 Å². The number of rotatable bonds is 8. The van der Waals surface area contributed by atoms with E-state index in [2.05, 4.69) is 10.5 Å². The average molecular weight is 494 g/mol. The van der Waals surface area contributed by atoms with Crippen molar-refractivity contribution in [1.29, 1.82) is 0 Å². The molecule has 0 spiro atoms. The molecule has 0 unspecified atom stereocenters. The van der Waals surface area contributed by atoms with Crippen LogP contribution in [0.2, 0.25) is 0 Å². The highest BCUT2D eigenvalue weighted by atomic mass is 16.5. The summed E-state index contributed by atoms with van der Waals surface area (Å²) in [6, 6.07) is 29.3. The van der Waals surface area contributed by atoms with Gasteiger partial charge in [-0.05, 0) is 60.5 Å². The van der Waals surface area contributed by atoms with Crippen molar-refractivity contribution in [2.24, 2.45) is 5.16 Å². The minimum Gasteiger partial charge on any atom is -0.486 e. The van der Waals surface area contributed by atoms with Gasteiger partial charge in [0, 0.05) is 23.9 Å². The van der Waals surface area contributed by atoms with Crippen LogP contribution in [0.5, 0.6) is 5.75 Å². The molecule has 0 fully saturated rings. The first-order chi connectivity index (χ1) is 18.0. The first-order valence-corrected chi connectivity index (χ1v) is 11.7. The molecule has 0 saturated heterocycles. The van der Waals surface area contributed by atoms with Crippen molar-refractivity contribution in [3.63, 3.8) is 0 Å². The van der Waals surface area contributed by atoms with E-state index in [1.54, 1.807) is 61.6 Å². The molecule has 7 nitrogen and oxygen atoms in total. The van der Waals surface area contributed by atoms with E-state index in [9.17, 15) is 9.59 Å². The van der Waals surface area contributed by atoms with Crippen LogP contribution in [0.3, 0.4) is 0 Å². The molecular weight excluding hydrogens is 466 g/mol. The summed E-state index contributed by atoms with van der Waals surface area (Å²) in [5.41, 5.74) is 5.13. The van der Waals surface area contributed by atoms with Crippen LogP contribution in [-0.4, -0.2) is 36.9 Å². The Kier molecular flexibility index (Phi) is 7.95. The molecule has 0 aliphatic rings. The fraction of sp³-hybridized carbons (Fsp3) is 0.100. The van der Waals surface area contributed by atoms with Gasteiger partial charge in [-0.25, -0.2) is 0 Å². The molecule has 0 aliphatic heterocycles. The predicted octanol–water partition coefficient (Wildman–Crippen LogP) is 6.03. The van der Waals surface area contributed by atoms with Gasteiger partial charge in [-0.2, -0.15) is 0 Å². The van der Waals surface area contributed by atoms with Crippen LogP contribution in [0.1, 0.15) is 26.3 Å². The van der Waals surface area contributed by atoms with Crippen molar-refractivity contribution in [1.82, 2.24) is 0 Å². The molecular formula is C30H27N3O4. The minimum atomic E-state index is -0.241. The third-order valence-electron chi connectivity index (χ3n) is 5.85.